The molecule has 0 aliphatic carbocycles. The van der Waals surface area contributed by atoms with Crippen molar-refractivity contribution in [3.8, 4) is 5.75 Å². The molecule has 0 radical (unpaired) electrons. The minimum absolute atomic E-state index is 0.0691. The molecule has 0 atom stereocenters. The summed E-state index contributed by atoms with van der Waals surface area (Å²) >= 11 is 0. The normalized spacial score (nSPS) is 11.3. The fourth-order valence-electron chi connectivity index (χ4n) is 1.97. The third-order valence-electron chi connectivity index (χ3n) is 3.40. The highest BCUT2D eigenvalue weighted by atomic mass is 32.2. The van der Waals surface area contributed by atoms with Gasteiger partial charge in [-0.25, -0.2) is 23.4 Å². The SMILES string of the molecule is Cc1ccc(S(=O)(=O)NCC(=O)N/N=C\c2ccc(OCC(=O)O)cc2)cc1. The topological polar surface area (TPSA) is 134 Å². The quantitative estimate of drug-likeness (QED) is 0.419. The maximum absolute atomic E-state index is 12.1. The highest BCUT2D eigenvalue weighted by Crippen LogP contribution is 2.11. The fraction of sp³-hybridized carbons (Fsp3) is 0.167. The van der Waals surface area contributed by atoms with E-state index >= 15 is 0 Å². The Balaban J connectivity index is 1.81. The number of benzene rings is 2. The van der Waals surface area contributed by atoms with Crippen LogP contribution in [0.5, 0.6) is 5.75 Å². The second kappa shape index (κ2) is 9.62. The third-order valence-corrected chi connectivity index (χ3v) is 4.82. The van der Waals surface area contributed by atoms with Crippen LogP contribution >= 0.6 is 0 Å². The van der Waals surface area contributed by atoms with Crippen LogP contribution in [-0.2, 0) is 19.6 Å². The van der Waals surface area contributed by atoms with Crippen molar-refractivity contribution in [1.82, 2.24) is 10.1 Å². The number of sulfonamides is 1. The summed E-state index contributed by atoms with van der Waals surface area (Å²) in [7, 11) is -3.78. The van der Waals surface area contributed by atoms with Gasteiger partial charge in [0.05, 0.1) is 17.7 Å². The highest BCUT2D eigenvalue weighted by Gasteiger charge is 2.14. The van der Waals surface area contributed by atoms with Gasteiger partial charge >= 0.3 is 5.97 Å². The summed E-state index contributed by atoms with van der Waals surface area (Å²) in [5, 5.41) is 12.3. The molecular weight excluding hydrogens is 386 g/mol. The molecule has 0 unspecified atom stereocenters. The second-order valence-electron chi connectivity index (χ2n) is 5.68. The zero-order valence-corrected chi connectivity index (χ0v) is 15.8. The molecule has 10 heteroatoms. The van der Waals surface area contributed by atoms with E-state index in [1.54, 1.807) is 36.4 Å². The molecule has 0 aliphatic rings. The van der Waals surface area contributed by atoms with Crippen molar-refractivity contribution in [3.05, 3.63) is 59.7 Å². The Morgan fingerprint density at radius 1 is 1.11 bits per heavy atom. The first kappa shape index (κ1) is 21.1. The van der Waals surface area contributed by atoms with Crippen molar-refractivity contribution in [2.75, 3.05) is 13.2 Å². The van der Waals surface area contributed by atoms with Gasteiger partial charge in [0, 0.05) is 0 Å². The number of hydrogen-bond acceptors (Lipinski definition) is 6. The first-order valence-electron chi connectivity index (χ1n) is 8.09. The first-order chi connectivity index (χ1) is 13.3. The second-order valence-corrected chi connectivity index (χ2v) is 7.45. The molecule has 0 aromatic heterocycles. The smallest absolute Gasteiger partial charge is 0.341 e. The van der Waals surface area contributed by atoms with Gasteiger partial charge < -0.3 is 9.84 Å². The van der Waals surface area contributed by atoms with Gasteiger partial charge in [0.25, 0.3) is 5.91 Å². The zero-order chi connectivity index (χ0) is 20.6. The standard InChI is InChI=1S/C18H19N3O6S/c1-13-2-8-16(9-3-13)28(25,26)20-11-17(22)21-19-10-14-4-6-15(7-5-14)27-12-18(23)24/h2-10,20H,11-12H2,1H3,(H,21,22)(H,23,24)/b19-10-. The molecule has 0 heterocycles. The van der Waals surface area contributed by atoms with E-state index in [1.165, 1.54) is 18.3 Å². The molecule has 0 bridgehead atoms. The number of ether oxygens (including phenoxy) is 1. The Labute approximate surface area is 162 Å². The number of hydrogen-bond donors (Lipinski definition) is 3. The summed E-state index contributed by atoms with van der Waals surface area (Å²) in [4.78, 5) is 22.2. The Hall–Kier alpha value is -3.24. The summed E-state index contributed by atoms with van der Waals surface area (Å²) in [6, 6.07) is 12.6. The summed E-state index contributed by atoms with van der Waals surface area (Å²) in [5.74, 6) is -1.33. The molecule has 0 saturated carbocycles. The third kappa shape index (κ3) is 6.82. The van der Waals surface area contributed by atoms with Gasteiger partial charge in [-0.1, -0.05) is 17.7 Å². The molecule has 2 rings (SSSR count). The summed E-state index contributed by atoms with van der Waals surface area (Å²) in [5.41, 5.74) is 3.77. The van der Waals surface area contributed by atoms with E-state index in [0.717, 1.165) is 5.56 Å². The minimum Gasteiger partial charge on any atom is -0.482 e. The molecule has 148 valence electrons. The number of carbonyl (C=O) groups is 2. The van der Waals surface area contributed by atoms with Crippen molar-refractivity contribution in [3.63, 3.8) is 0 Å². The lowest BCUT2D eigenvalue weighted by atomic mass is 10.2. The van der Waals surface area contributed by atoms with Crippen molar-refractivity contribution in [2.24, 2.45) is 5.10 Å². The lowest BCUT2D eigenvalue weighted by Gasteiger charge is -2.06. The van der Waals surface area contributed by atoms with Gasteiger partial charge in [0.15, 0.2) is 6.61 Å². The average Bonchev–Trinajstić information content (AvgIpc) is 2.66. The number of aryl methyl sites for hydroxylation is 1. The van der Waals surface area contributed by atoms with Crippen LogP contribution in [-0.4, -0.2) is 44.8 Å². The molecule has 2 aromatic carbocycles. The lowest BCUT2D eigenvalue weighted by molar-refractivity contribution is -0.139. The van der Waals surface area contributed by atoms with Gasteiger partial charge in [-0.05, 0) is 48.9 Å². The number of carboxylic acid groups (broad SMARTS) is 1. The van der Waals surface area contributed by atoms with E-state index in [4.69, 9.17) is 9.84 Å². The summed E-state index contributed by atoms with van der Waals surface area (Å²) in [6.07, 6.45) is 1.35. The number of aliphatic carboxylic acids is 1. The van der Waals surface area contributed by atoms with Crippen molar-refractivity contribution < 1.29 is 27.9 Å². The monoisotopic (exact) mass is 405 g/mol. The van der Waals surface area contributed by atoms with Crippen LogP contribution < -0.4 is 14.9 Å². The maximum Gasteiger partial charge on any atom is 0.341 e. The van der Waals surface area contributed by atoms with Gasteiger partial charge in [0.1, 0.15) is 5.75 Å². The molecular formula is C18H19N3O6S. The van der Waals surface area contributed by atoms with E-state index in [1.807, 2.05) is 6.92 Å². The maximum atomic E-state index is 12.1. The predicted octanol–water partition coefficient (Wildman–Crippen LogP) is 0.887. The largest absolute Gasteiger partial charge is 0.482 e. The summed E-state index contributed by atoms with van der Waals surface area (Å²) in [6.45, 7) is 0.934. The molecule has 0 fully saturated rings. The lowest BCUT2D eigenvalue weighted by Crippen LogP contribution is -2.34. The van der Waals surface area contributed by atoms with Crippen LogP contribution in [0.2, 0.25) is 0 Å². The van der Waals surface area contributed by atoms with Gasteiger partial charge in [-0.2, -0.15) is 5.10 Å². The number of rotatable bonds is 9. The number of carboxylic acids is 1. The van der Waals surface area contributed by atoms with Crippen LogP contribution in [0.15, 0.2) is 58.5 Å². The number of amides is 1. The molecule has 0 saturated heterocycles. The van der Waals surface area contributed by atoms with Crippen LogP contribution in [0.1, 0.15) is 11.1 Å². The van der Waals surface area contributed by atoms with Crippen molar-refractivity contribution >= 4 is 28.1 Å². The molecule has 9 nitrogen and oxygen atoms in total. The van der Waals surface area contributed by atoms with Gasteiger partial charge in [-0.3, -0.25) is 4.79 Å². The molecule has 1 amide bonds. The molecule has 0 aliphatic heterocycles. The number of nitrogens with zero attached hydrogens (tertiary/aromatic N) is 1. The van der Waals surface area contributed by atoms with E-state index in [9.17, 15) is 18.0 Å². The van der Waals surface area contributed by atoms with E-state index < -0.39 is 35.1 Å². The molecule has 28 heavy (non-hydrogen) atoms. The Morgan fingerprint density at radius 3 is 2.36 bits per heavy atom. The molecule has 0 spiro atoms. The van der Waals surface area contributed by atoms with E-state index in [2.05, 4.69) is 15.2 Å². The Morgan fingerprint density at radius 2 is 1.75 bits per heavy atom. The number of nitrogens with one attached hydrogen (secondary N) is 2. The minimum atomic E-state index is -3.78. The zero-order valence-electron chi connectivity index (χ0n) is 15.0. The van der Waals surface area contributed by atoms with Gasteiger partial charge in [-0.15, -0.1) is 0 Å². The Kier molecular flexibility index (Phi) is 7.24. The van der Waals surface area contributed by atoms with Crippen LogP contribution in [0.4, 0.5) is 0 Å². The average molecular weight is 405 g/mol. The Bertz CT molecular complexity index is 954. The van der Waals surface area contributed by atoms with Crippen LogP contribution in [0, 0.1) is 6.92 Å². The fourth-order valence-corrected chi connectivity index (χ4v) is 2.96. The van der Waals surface area contributed by atoms with E-state index in [0.29, 0.717) is 11.3 Å². The van der Waals surface area contributed by atoms with Gasteiger partial charge in [0.2, 0.25) is 10.0 Å². The molecule has 3 N–H and O–H groups in total. The van der Waals surface area contributed by atoms with Crippen LogP contribution in [0.3, 0.4) is 0 Å². The number of hydrazone groups is 1. The van der Waals surface area contributed by atoms with Crippen LogP contribution in [0.25, 0.3) is 0 Å². The van der Waals surface area contributed by atoms with E-state index in [-0.39, 0.29) is 4.90 Å². The summed E-state index contributed by atoms with van der Waals surface area (Å²) < 4.78 is 31.4. The predicted molar refractivity (Wildman–Crippen MR) is 102 cm³/mol. The number of carbonyl (C=O) groups excluding carboxylic acids is 1. The van der Waals surface area contributed by atoms with Crippen molar-refractivity contribution in [2.45, 2.75) is 11.8 Å². The first-order valence-corrected chi connectivity index (χ1v) is 9.57. The van der Waals surface area contributed by atoms with Crippen molar-refractivity contribution in [1.29, 1.82) is 0 Å². The molecule has 2 aromatic rings. The highest BCUT2D eigenvalue weighted by molar-refractivity contribution is 7.89.